The summed E-state index contributed by atoms with van der Waals surface area (Å²) in [4.78, 5) is 18.1. The van der Waals surface area contributed by atoms with Crippen molar-refractivity contribution in [2.24, 2.45) is 17.3 Å². The lowest BCUT2D eigenvalue weighted by atomic mass is 9.47. The number of amides is 1. The monoisotopic (exact) mass is 460 g/mol. The molecule has 0 spiro atoms. The summed E-state index contributed by atoms with van der Waals surface area (Å²) < 4.78 is 7.64. The summed E-state index contributed by atoms with van der Waals surface area (Å²) >= 11 is 3.43. The molecule has 1 amide bonds. The number of hydrogen-bond acceptors (Lipinski definition) is 6. The van der Waals surface area contributed by atoms with Crippen LogP contribution in [-0.2, 0) is 9.53 Å². The molecule has 0 aliphatic heterocycles. The fourth-order valence-corrected chi connectivity index (χ4v) is 8.70. The first-order chi connectivity index (χ1) is 14.7. The van der Waals surface area contributed by atoms with E-state index in [1.807, 2.05) is 18.2 Å². The van der Waals surface area contributed by atoms with E-state index in [0.717, 1.165) is 58.1 Å². The molecule has 1 aromatic heterocycles. The van der Waals surface area contributed by atoms with E-state index >= 15 is 0 Å². The zero-order valence-electron chi connectivity index (χ0n) is 18.6. The number of aromatic nitrogens is 1. The number of nitrogens with zero attached hydrogens (tertiary/aromatic N) is 1. The smallest absolute Gasteiger partial charge is 0.230 e. The standard InChI is InChI=1S/C24H32N2O3S2/c1-22(2,29-3)6-7-30-21-26-18-5-4-17(9-19(18)31-21)25-20(27)23-10-15-8-16(11-23)13-24(28,12-15)14-23/h4-5,9,15-16,28H,6-8,10-14H2,1-3H3,(H,25,27). The molecule has 168 valence electrons. The highest BCUT2D eigenvalue weighted by Crippen LogP contribution is 2.61. The van der Waals surface area contributed by atoms with E-state index < -0.39 is 11.0 Å². The van der Waals surface area contributed by atoms with Gasteiger partial charge in [-0.25, -0.2) is 4.98 Å². The number of aliphatic hydroxyl groups is 1. The normalized spacial score (nSPS) is 32.0. The Bertz CT molecular complexity index is 988. The number of methoxy groups -OCH3 is 1. The first-order valence-corrected chi connectivity index (χ1v) is 13.1. The topological polar surface area (TPSA) is 71.5 Å². The molecule has 4 aliphatic rings. The van der Waals surface area contributed by atoms with Gasteiger partial charge < -0.3 is 15.2 Å². The number of fused-ring (bicyclic) bond motifs is 1. The van der Waals surface area contributed by atoms with Gasteiger partial charge in [-0.1, -0.05) is 11.8 Å². The molecule has 7 heteroatoms. The molecule has 2 atom stereocenters. The number of carbonyl (C=O) groups excluding carboxylic acids is 1. The summed E-state index contributed by atoms with van der Waals surface area (Å²) in [5.41, 5.74) is 0.677. The van der Waals surface area contributed by atoms with Crippen LogP contribution in [0.1, 0.15) is 58.8 Å². The predicted octanol–water partition coefficient (Wildman–Crippen LogP) is 5.47. The molecule has 4 saturated carbocycles. The van der Waals surface area contributed by atoms with E-state index in [1.165, 1.54) is 6.42 Å². The third-order valence-corrected chi connectivity index (χ3v) is 9.78. The molecule has 4 fully saturated rings. The van der Waals surface area contributed by atoms with E-state index in [0.29, 0.717) is 18.3 Å². The fraction of sp³-hybridized carbons (Fsp3) is 0.667. The van der Waals surface area contributed by atoms with E-state index in [4.69, 9.17) is 9.72 Å². The molecule has 0 radical (unpaired) electrons. The Hall–Kier alpha value is -1.15. The third-order valence-electron chi connectivity index (χ3n) is 7.62. The van der Waals surface area contributed by atoms with Crippen LogP contribution < -0.4 is 5.32 Å². The first kappa shape index (κ1) is 21.7. The van der Waals surface area contributed by atoms with Gasteiger partial charge >= 0.3 is 0 Å². The summed E-state index contributed by atoms with van der Waals surface area (Å²) in [5.74, 6) is 2.06. The minimum absolute atomic E-state index is 0.0975. The number of nitrogens with one attached hydrogen (secondary N) is 1. The minimum Gasteiger partial charge on any atom is -0.390 e. The number of thiazole rings is 1. The van der Waals surface area contributed by atoms with Crippen molar-refractivity contribution in [2.75, 3.05) is 18.2 Å². The van der Waals surface area contributed by atoms with E-state index in [1.54, 1.807) is 30.2 Å². The van der Waals surface area contributed by atoms with Crippen LogP contribution in [-0.4, -0.2) is 40.1 Å². The second-order valence-electron chi connectivity index (χ2n) is 10.6. The van der Waals surface area contributed by atoms with Crippen LogP contribution >= 0.6 is 23.1 Å². The molecule has 1 heterocycles. The van der Waals surface area contributed by atoms with E-state index in [2.05, 4.69) is 19.2 Å². The second-order valence-corrected chi connectivity index (χ2v) is 13.0. The van der Waals surface area contributed by atoms with Crippen LogP contribution in [0.5, 0.6) is 0 Å². The quantitative estimate of drug-likeness (QED) is 0.536. The van der Waals surface area contributed by atoms with Gasteiger partial charge in [0.05, 0.1) is 26.8 Å². The van der Waals surface area contributed by atoms with Crippen molar-refractivity contribution in [3.05, 3.63) is 18.2 Å². The number of benzene rings is 1. The van der Waals surface area contributed by atoms with Gasteiger partial charge in [-0.3, -0.25) is 4.79 Å². The number of ether oxygens (including phenoxy) is 1. The largest absolute Gasteiger partial charge is 0.390 e. The molecule has 4 bridgehead atoms. The van der Waals surface area contributed by atoms with Crippen molar-refractivity contribution < 1.29 is 14.6 Å². The second kappa shape index (κ2) is 7.72. The molecule has 2 unspecified atom stereocenters. The van der Waals surface area contributed by atoms with Crippen molar-refractivity contribution in [3.63, 3.8) is 0 Å². The highest BCUT2D eigenvalue weighted by molar-refractivity contribution is 8.01. The van der Waals surface area contributed by atoms with Crippen LogP contribution in [0.3, 0.4) is 0 Å². The van der Waals surface area contributed by atoms with Gasteiger partial charge in [-0.05, 0) is 88.8 Å². The van der Waals surface area contributed by atoms with Crippen molar-refractivity contribution in [1.82, 2.24) is 4.98 Å². The zero-order valence-corrected chi connectivity index (χ0v) is 20.2. The summed E-state index contributed by atoms with van der Waals surface area (Å²) in [6.45, 7) is 4.20. The molecular formula is C24H32N2O3S2. The third kappa shape index (κ3) is 4.26. The number of rotatable bonds is 7. The maximum Gasteiger partial charge on any atom is 0.230 e. The van der Waals surface area contributed by atoms with Gasteiger partial charge in [0.15, 0.2) is 4.34 Å². The van der Waals surface area contributed by atoms with Crippen molar-refractivity contribution in [2.45, 2.75) is 74.3 Å². The Morgan fingerprint density at radius 3 is 2.74 bits per heavy atom. The predicted molar refractivity (Wildman–Crippen MR) is 127 cm³/mol. The Balaban J connectivity index is 1.27. The Morgan fingerprint density at radius 2 is 2.06 bits per heavy atom. The average molecular weight is 461 g/mol. The van der Waals surface area contributed by atoms with Crippen LogP contribution in [0.4, 0.5) is 5.69 Å². The molecular weight excluding hydrogens is 428 g/mol. The van der Waals surface area contributed by atoms with Crippen molar-refractivity contribution in [3.8, 4) is 0 Å². The van der Waals surface area contributed by atoms with Crippen LogP contribution in [0, 0.1) is 17.3 Å². The Labute approximate surface area is 192 Å². The molecule has 4 aliphatic carbocycles. The molecule has 1 aromatic carbocycles. The lowest BCUT2D eigenvalue weighted by Crippen LogP contribution is -2.59. The Morgan fingerprint density at radius 1 is 1.32 bits per heavy atom. The van der Waals surface area contributed by atoms with E-state index in [9.17, 15) is 9.90 Å². The number of anilines is 1. The molecule has 6 rings (SSSR count). The summed E-state index contributed by atoms with van der Waals surface area (Å²) in [5, 5.41) is 14.2. The molecule has 2 N–H and O–H groups in total. The Kier molecular flexibility index (Phi) is 5.40. The highest BCUT2D eigenvalue weighted by Gasteiger charge is 2.60. The summed E-state index contributed by atoms with van der Waals surface area (Å²) in [6, 6.07) is 6.00. The maximum absolute atomic E-state index is 13.4. The maximum atomic E-state index is 13.4. The van der Waals surface area contributed by atoms with Gasteiger partial charge in [0.25, 0.3) is 0 Å². The van der Waals surface area contributed by atoms with E-state index in [-0.39, 0.29) is 11.5 Å². The number of thioether (sulfide) groups is 1. The average Bonchev–Trinajstić information content (AvgIpc) is 3.08. The van der Waals surface area contributed by atoms with Gasteiger partial charge in [-0.15, -0.1) is 11.3 Å². The SMILES string of the molecule is COC(C)(C)CCSc1nc2ccc(NC(=O)C34CC5CC(CC(O)(C5)C3)C4)cc2s1. The van der Waals surface area contributed by atoms with Crippen molar-refractivity contribution >= 4 is 44.9 Å². The molecule has 2 aromatic rings. The minimum atomic E-state index is -0.618. The van der Waals surface area contributed by atoms with Crippen LogP contribution in [0.25, 0.3) is 10.2 Å². The van der Waals surface area contributed by atoms with Crippen LogP contribution in [0.2, 0.25) is 0 Å². The molecule has 5 nitrogen and oxygen atoms in total. The molecule has 0 saturated heterocycles. The van der Waals surface area contributed by atoms with Gasteiger partial charge in [0, 0.05) is 18.6 Å². The fourth-order valence-electron chi connectivity index (χ4n) is 6.27. The van der Waals surface area contributed by atoms with Crippen LogP contribution in [0.15, 0.2) is 22.5 Å². The van der Waals surface area contributed by atoms with Gasteiger partial charge in [-0.2, -0.15) is 0 Å². The lowest BCUT2D eigenvalue weighted by molar-refractivity contribution is -0.174. The first-order valence-electron chi connectivity index (χ1n) is 11.3. The number of hydrogen-bond donors (Lipinski definition) is 2. The number of carbonyl (C=O) groups is 1. The zero-order chi connectivity index (χ0) is 21.9. The van der Waals surface area contributed by atoms with Gasteiger partial charge in [0.1, 0.15) is 0 Å². The van der Waals surface area contributed by atoms with Gasteiger partial charge in [0.2, 0.25) is 5.91 Å². The summed E-state index contributed by atoms with van der Waals surface area (Å²) in [6.07, 6.45) is 6.40. The summed E-state index contributed by atoms with van der Waals surface area (Å²) in [7, 11) is 1.75. The molecule has 31 heavy (non-hydrogen) atoms. The lowest BCUT2D eigenvalue weighted by Gasteiger charge is -2.59. The highest BCUT2D eigenvalue weighted by atomic mass is 32.2. The van der Waals surface area contributed by atoms with Crippen molar-refractivity contribution in [1.29, 1.82) is 0 Å².